The monoisotopic (exact) mass is 357 g/mol. The largest absolute Gasteiger partial charge is 0.416 e. The Morgan fingerprint density at radius 2 is 1.96 bits per heavy atom. The lowest BCUT2D eigenvalue weighted by atomic mass is 9.98. The molecule has 1 aliphatic heterocycles. The fourth-order valence-corrected chi connectivity index (χ4v) is 3.07. The number of benzene rings is 1. The van der Waals surface area contributed by atoms with Gasteiger partial charge < -0.3 is 15.5 Å². The Morgan fingerprint density at radius 1 is 1.32 bits per heavy atom. The van der Waals surface area contributed by atoms with E-state index in [0.29, 0.717) is 12.5 Å². The lowest BCUT2D eigenvalue weighted by Crippen LogP contribution is -2.45. The molecule has 2 N–H and O–H groups in total. The molecule has 1 fully saturated rings. The fourth-order valence-electron chi connectivity index (χ4n) is 3.07. The number of urea groups is 1. The number of nitrogens with zero attached hydrogens (tertiary/aromatic N) is 1. The fraction of sp³-hybridized carbons (Fsp3) is 0.611. The quantitative estimate of drug-likeness (QED) is 0.849. The molecule has 2 amide bonds. The smallest absolute Gasteiger partial charge is 0.338 e. The van der Waals surface area contributed by atoms with Gasteiger partial charge in [0.05, 0.1) is 5.56 Å². The SMILES string of the molecule is CC(Cc1ccccc1C(F)(F)F)N(C)C(=O)NCC1CCNCC1. The molecule has 1 saturated heterocycles. The number of amides is 2. The van der Waals surface area contributed by atoms with Gasteiger partial charge in [0.25, 0.3) is 0 Å². The van der Waals surface area contributed by atoms with Crippen LogP contribution in [0.2, 0.25) is 0 Å². The van der Waals surface area contributed by atoms with Gasteiger partial charge in [0.2, 0.25) is 0 Å². The molecule has 1 atom stereocenters. The Bertz CT molecular complexity index is 571. The molecule has 1 aromatic rings. The maximum Gasteiger partial charge on any atom is 0.416 e. The van der Waals surface area contributed by atoms with Crippen LogP contribution < -0.4 is 10.6 Å². The molecule has 140 valence electrons. The van der Waals surface area contributed by atoms with Crippen molar-refractivity contribution in [2.75, 3.05) is 26.7 Å². The van der Waals surface area contributed by atoms with Crippen LogP contribution in [0.4, 0.5) is 18.0 Å². The molecule has 25 heavy (non-hydrogen) atoms. The third-order valence-corrected chi connectivity index (χ3v) is 4.82. The van der Waals surface area contributed by atoms with Crippen molar-refractivity contribution in [3.63, 3.8) is 0 Å². The number of hydrogen-bond acceptors (Lipinski definition) is 2. The van der Waals surface area contributed by atoms with E-state index < -0.39 is 11.7 Å². The number of piperidine rings is 1. The third-order valence-electron chi connectivity index (χ3n) is 4.82. The van der Waals surface area contributed by atoms with E-state index in [1.807, 2.05) is 0 Å². The van der Waals surface area contributed by atoms with E-state index in [1.54, 1.807) is 20.0 Å². The second kappa shape index (κ2) is 8.56. The van der Waals surface area contributed by atoms with Gasteiger partial charge in [0.15, 0.2) is 0 Å². The van der Waals surface area contributed by atoms with Gasteiger partial charge >= 0.3 is 12.2 Å². The van der Waals surface area contributed by atoms with E-state index in [9.17, 15) is 18.0 Å². The maximum atomic E-state index is 13.1. The number of nitrogens with one attached hydrogen (secondary N) is 2. The molecular formula is C18H26F3N3O. The molecule has 1 heterocycles. The topological polar surface area (TPSA) is 44.4 Å². The van der Waals surface area contributed by atoms with Crippen LogP contribution in [0.1, 0.15) is 30.9 Å². The van der Waals surface area contributed by atoms with Gasteiger partial charge in [-0.3, -0.25) is 0 Å². The average Bonchev–Trinajstić information content (AvgIpc) is 2.59. The van der Waals surface area contributed by atoms with Crippen molar-refractivity contribution in [2.45, 2.75) is 38.4 Å². The van der Waals surface area contributed by atoms with Gasteiger partial charge in [-0.1, -0.05) is 18.2 Å². The van der Waals surface area contributed by atoms with Crippen molar-refractivity contribution >= 4 is 6.03 Å². The second-order valence-corrected chi connectivity index (χ2v) is 6.70. The highest BCUT2D eigenvalue weighted by Crippen LogP contribution is 2.32. The number of likely N-dealkylation sites (N-methyl/N-ethyl adjacent to an activating group) is 1. The highest BCUT2D eigenvalue weighted by Gasteiger charge is 2.33. The average molecular weight is 357 g/mol. The van der Waals surface area contributed by atoms with Crippen molar-refractivity contribution in [2.24, 2.45) is 5.92 Å². The summed E-state index contributed by atoms with van der Waals surface area (Å²) >= 11 is 0. The summed E-state index contributed by atoms with van der Waals surface area (Å²) < 4.78 is 39.3. The van der Waals surface area contributed by atoms with Gasteiger partial charge in [0.1, 0.15) is 0 Å². The van der Waals surface area contributed by atoms with Crippen LogP contribution in [-0.4, -0.2) is 43.7 Å². The van der Waals surface area contributed by atoms with Gasteiger partial charge in [-0.15, -0.1) is 0 Å². The first-order valence-electron chi connectivity index (χ1n) is 8.65. The molecule has 0 bridgehead atoms. The van der Waals surface area contributed by atoms with E-state index in [2.05, 4.69) is 10.6 Å². The van der Waals surface area contributed by atoms with Gasteiger partial charge in [-0.05, 0) is 56.8 Å². The van der Waals surface area contributed by atoms with Crippen LogP contribution in [0.15, 0.2) is 24.3 Å². The minimum atomic E-state index is -4.38. The summed E-state index contributed by atoms with van der Waals surface area (Å²) in [6.45, 7) is 4.29. The first-order valence-corrected chi connectivity index (χ1v) is 8.65. The molecule has 7 heteroatoms. The van der Waals surface area contributed by atoms with Crippen molar-refractivity contribution in [3.05, 3.63) is 35.4 Å². The van der Waals surface area contributed by atoms with E-state index in [4.69, 9.17) is 0 Å². The zero-order valence-electron chi connectivity index (χ0n) is 14.7. The van der Waals surface area contributed by atoms with Crippen LogP contribution >= 0.6 is 0 Å². The summed E-state index contributed by atoms with van der Waals surface area (Å²) in [5.74, 6) is 0.458. The number of hydrogen-bond donors (Lipinski definition) is 2. The molecule has 0 radical (unpaired) electrons. The molecule has 2 rings (SSSR count). The van der Waals surface area contributed by atoms with Crippen molar-refractivity contribution in [1.29, 1.82) is 0 Å². The summed E-state index contributed by atoms with van der Waals surface area (Å²) in [5.41, 5.74) is -0.425. The Kier molecular flexibility index (Phi) is 6.70. The third kappa shape index (κ3) is 5.63. The number of carbonyl (C=O) groups is 1. The highest BCUT2D eigenvalue weighted by atomic mass is 19.4. The number of carbonyl (C=O) groups excluding carboxylic acids is 1. The Balaban J connectivity index is 1.91. The lowest BCUT2D eigenvalue weighted by molar-refractivity contribution is -0.138. The summed E-state index contributed by atoms with van der Waals surface area (Å²) in [7, 11) is 1.62. The van der Waals surface area contributed by atoms with Crippen LogP contribution in [-0.2, 0) is 12.6 Å². The van der Waals surface area contributed by atoms with Crippen LogP contribution in [0.25, 0.3) is 0 Å². The summed E-state index contributed by atoms with van der Waals surface area (Å²) in [6, 6.07) is 4.95. The van der Waals surface area contributed by atoms with Crippen LogP contribution in [0.5, 0.6) is 0 Å². The van der Waals surface area contributed by atoms with Crippen molar-refractivity contribution in [3.8, 4) is 0 Å². The van der Waals surface area contributed by atoms with E-state index in [1.165, 1.54) is 17.0 Å². The molecule has 0 aromatic heterocycles. The summed E-state index contributed by atoms with van der Waals surface area (Å²) in [6.07, 6.45) is -2.17. The van der Waals surface area contributed by atoms with E-state index in [-0.39, 0.29) is 24.1 Å². The predicted molar refractivity (Wildman–Crippen MR) is 91.4 cm³/mol. The molecule has 1 aromatic carbocycles. The predicted octanol–water partition coefficient (Wildman–Crippen LogP) is 3.28. The first-order chi connectivity index (χ1) is 11.8. The van der Waals surface area contributed by atoms with Gasteiger partial charge in [-0.2, -0.15) is 13.2 Å². The van der Waals surface area contributed by atoms with Gasteiger partial charge in [-0.25, -0.2) is 4.79 Å². The van der Waals surface area contributed by atoms with Crippen molar-refractivity contribution in [1.82, 2.24) is 15.5 Å². The Labute approximate surface area is 146 Å². The zero-order valence-corrected chi connectivity index (χ0v) is 14.7. The number of rotatable bonds is 5. The highest BCUT2D eigenvalue weighted by molar-refractivity contribution is 5.74. The van der Waals surface area contributed by atoms with Gasteiger partial charge in [0, 0.05) is 19.6 Å². The minimum Gasteiger partial charge on any atom is -0.338 e. The van der Waals surface area contributed by atoms with E-state index >= 15 is 0 Å². The Morgan fingerprint density at radius 3 is 2.60 bits per heavy atom. The Hall–Kier alpha value is -1.76. The van der Waals surface area contributed by atoms with Crippen molar-refractivity contribution < 1.29 is 18.0 Å². The molecule has 1 unspecified atom stereocenters. The molecule has 0 spiro atoms. The molecular weight excluding hydrogens is 331 g/mol. The standard InChI is InChI=1S/C18H26F3N3O/c1-13(11-15-5-3-4-6-16(15)18(19,20)21)24(2)17(25)23-12-14-7-9-22-10-8-14/h3-6,13-14,22H,7-12H2,1-2H3,(H,23,25). The number of halogens is 3. The molecule has 4 nitrogen and oxygen atoms in total. The lowest BCUT2D eigenvalue weighted by Gasteiger charge is -2.28. The summed E-state index contributed by atoms with van der Waals surface area (Å²) in [5, 5.41) is 6.17. The minimum absolute atomic E-state index is 0.160. The maximum absolute atomic E-state index is 13.1. The summed E-state index contributed by atoms with van der Waals surface area (Å²) in [4.78, 5) is 13.8. The molecule has 0 saturated carbocycles. The zero-order chi connectivity index (χ0) is 18.4. The number of alkyl halides is 3. The van der Waals surface area contributed by atoms with E-state index in [0.717, 1.165) is 32.0 Å². The van der Waals surface area contributed by atoms with Crippen LogP contribution in [0.3, 0.4) is 0 Å². The normalized spacial score (nSPS) is 17.2. The van der Waals surface area contributed by atoms with Crippen LogP contribution in [0, 0.1) is 5.92 Å². The molecule has 0 aliphatic carbocycles. The molecule has 1 aliphatic rings. The second-order valence-electron chi connectivity index (χ2n) is 6.70. The first kappa shape index (κ1) is 19.6.